The fraction of sp³-hybridized carbons (Fsp3) is 0.385. The second-order valence-corrected chi connectivity index (χ2v) is 5.32. The van der Waals surface area contributed by atoms with Crippen LogP contribution in [-0.2, 0) is 4.79 Å². The number of hydrogen-bond donors (Lipinski definition) is 4. The highest BCUT2D eigenvalue weighted by molar-refractivity contribution is 5.95. The summed E-state index contributed by atoms with van der Waals surface area (Å²) in [6.45, 7) is 5.76. The van der Waals surface area contributed by atoms with E-state index >= 15 is 0 Å². The van der Waals surface area contributed by atoms with Crippen LogP contribution in [0.5, 0.6) is 0 Å². The van der Waals surface area contributed by atoms with Gasteiger partial charge in [0.1, 0.15) is 0 Å². The van der Waals surface area contributed by atoms with Gasteiger partial charge in [0.05, 0.1) is 17.9 Å². The van der Waals surface area contributed by atoms with E-state index in [0.29, 0.717) is 16.9 Å². The minimum Gasteiger partial charge on any atom is -0.397 e. The van der Waals surface area contributed by atoms with Gasteiger partial charge in [-0.25, -0.2) is 0 Å². The summed E-state index contributed by atoms with van der Waals surface area (Å²) in [6, 6.07) is 4.64. The van der Waals surface area contributed by atoms with Gasteiger partial charge in [-0.05, 0) is 39.0 Å². The molecule has 0 aromatic heterocycles. The topological polar surface area (TPSA) is 110 Å². The van der Waals surface area contributed by atoms with Crippen LogP contribution in [0.3, 0.4) is 0 Å². The number of carbonyl (C=O) groups excluding carboxylic acids is 2. The minimum absolute atomic E-state index is 0.0731. The highest BCUT2D eigenvalue weighted by Gasteiger charge is 2.13. The third-order valence-electron chi connectivity index (χ3n) is 2.29. The molecule has 0 aliphatic rings. The Labute approximate surface area is 112 Å². The molecule has 0 aliphatic heterocycles. The third-order valence-corrected chi connectivity index (χ3v) is 2.29. The number of nitrogen functional groups attached to an aromatic ring is 1. The molecule has 1 rings (SSSR count). The van der Waals surface area contributed by atoms with Gasteiger partial charge < -0.3 is 22.1 Å². The largest absolute Gasteiger partial charge is 0.397 e. The first kappa shape index (κ1) is 14.8. The smallest absolute Gasteiger partial charge is 0.248 e. The van der Waals surface area contributed by atoms with Crippen molar-refractivity contribution in [3.05, 3.63) is 23.8 Å². The second kappa shape index (κ2) is 5.60. The lowest BCUT2D eigenvalue weighted by molar-refractivity contribution is -0.120. The molecule has 0 radical (unpaired) electrons. The summed E-state index contributed by atoms with van der Waals surface area (Å²) < 4.78 is 0. The van der Waals surface area contributed by atoms with Crippen LogP contribution in [0.1, 0.15) is 31.1 Å². The summed E-state index contributed by atoms with van der Waals surface area (Å²) in [5, 5.41) is 5.70. The molecule has 0 unspecified atom stereocenters. The van der Waals surface area contributed by atoms with Gasteiger partial charge in [-0.2, -0.15) is 0 Å². The molecule has 0 saturated heterocycles. The third kappa shape index (κ3) is 4.87. The molecule has 0 aliphatic carbocycles. The predicted molar refractivity (Wildman–Crippen MR) is 75.8 cm³/mol. The summed E-state index contributed by atoms with van der Waals surface area (Å²) in [5.74, 6) is -0.696. The SMILES string of the molecule is CC(C)(C)NC(=O)CNc1cc(C(N)=O)ccc1N. The van der Waals surface area contributed by atoms with Gasteiger partial charge in [0.25, 0.3) is 0 Å². The number of carbonyl (C=O) groups is 2. The minimum atomic E-state index is -0.540. The quantitative estimate of drug-likeness (QED) is 0.600. The highest BCUT2D eigenvalue weighted by atomic mass is 16.2. The lowest BCUT2D eigenvalue weighted by Crippen LogP contribution is -2.43. The molecular formula is C13H20N4O2. The first-order valence-electron chi connectivity index (χ1n) is 5.93. The van der Waals surface area contributed by atoms with Gasteiger partial charge in [0.2, 0.25) is 11.8 Å². The van der Waals surface area contributed by atoms with Crippen LogP contribution in [-0.4, -0.2) is 23.9 Å². The van der Waals surface area contributed by atoms with E-state index in [2.05, 4.69) is 10.6 Å². The average Bonchev–Trinajstić information content (AvgIpc) is 2.25. The molecule has 0 heterocycles. The van der Waals surface area contributed by atoms with Gasteiger partial charge in [0.15, 0.2) is 0 Å². The van der Waals surface area contributed by atoms with E-state index < -0.39 is 5.91 Å². The van der Waals surface area contributed by atoms with E-state index in [1.165, 1.54) is 12.1 Å². The maximum Gasteiger partial charge on any atom is 0.248 e. The zero-order chi connectivity index (χ0) is 14.6. The molecule has 6 nitrogen and oxygen atoms in total. The molecule has 6 N–H and O–H groups in total. The van der Waals surface area contributed by atoms with Crippen molar-refractivity contribution in [2.24, 2.45) is 5.73 Å². The number of nitrogens with one attached hydrogen (secondary N) is 2. The molecule has 1 aromatic rings. The summed E-state index contributed by atoms with van der Waals surface area (Å²) in [7, 11) is 0. The molecular weight excluding hydrogens is 244 g/mol. The average molecular weight is 264 g/mol. The van der Waals surface area contributed by atoms with Crippen molar-refractivity contribution in [3.8, 4) is 0 Å². The maximum absolute atomic E-state index is 11.7. The number of nitrogens with two attached hydrogens (primary N) is 2. The van der Waals surface area contributed by atoms with E-state index in [1.54, 1.807) is 6.07 Å². The van der Waals surface area contributed by atoms with Crippen LogP contribution in [0.15, 0.2) is 18.2 Å². The first-order valence-corrected chi connectivity index (χ1v) is 5.93. The van der Waals surface area contributed by atoms with Crippen LogP contribution in [0.4, 0.5) is 11.4 Å². The van der Waals surface area contributed by atoms with Crippen molar-refractivity contribution >= 4 is 23.2 Å². The highest BCUT2D eigenvalue weighted by Crippen LogP contribution is 2.19. The summed E-state index contributed by atoms with van der Waals surface area (Å²) >= 11 is 0. The molecule has 6 heteroatoms. The zero-order valence-corrected chi connectivity index (χ0v) is 11.4. The van der Waals surface area contributed by atoms with Crippen molar-refractivity contribution in [2.75, 3.05) is 17.6 Å². The molecule has 1 aromatic carbocycles. The van der Waals surface area contributed by atoms with Crippen molar-refractivity contribution in [3.63, 3.8) is 0 Å². The van der Waals surface area contributed by atoms with Gasteiger partial charge in [-0.1, -0.05) is 0 Å². The van der Waals surface area contributed by atoms with E-state index in [0.717, 1.165) is 0 Å². The van der Waals surface area contributed by atoms with Crippen LogP contribution < -0.4 is 22.1 Å². The Balaban J connectivity index is 2.70. The maximum atomic E-state index is 11.7. The molecule has 104 valence electrons. The Kier molecular flexibility index (Phi) is 4.37. The molecule has 0 atom stereocenters. The van der Waals surface area contributed by atoms with Gasteiger partial charge in [-0.3, -0.25) is 9.59 Å². The molecule has 2 amide bonds. The Morgan fingerprint density at radius 3 is 2.42 bits per heavy atom. The Hall–Kier alpha value is -2.24. The monoisotopic (exact) mass is 264 g/mol. The lowest BCUT2D eigenvalue weighted by Gasteiger charge is -2.21. The fourth-order valence-electron chi connectivity index (χ4n) is 1.50. The van der Waals surface area contributed by atoms with Crippen molar-refractivity contribution in [2.45, 2.75) is 26.3 Å². The van der Waals surface area contributed by atoms with Gasteiger partial charge in [0, 0.05) is 11.1 Å². The van der Waals surface area contributed by atoms with Crippen LogP contribution in [0.25, 0.3) is 0 Å². The summed E-state index contributed by atoms with van der Waals surface area (Å²) in [5.41, 5.74) is 12.0. The summed E-state index contributed by atoms with van der Waals surface area (Å²) in [6.07, 6.45) is 0. The Morgan fingerprint density at radius 1 is 1.26 bits per heavy atom. The zero-order valence-electron chi connectivity index (χ0n) is 11.4. The number of primary amides is 1. The van der Waals surface area contributed by atoms with E-state index in [-0.39, 0.29) is 18.0 Å². The van der Waals surface area contributed by atoms with Crippen molar-refractivity contribution in [1.82, 2.24) is 5.32 Å². The second-order valence-electron chi connectivity index (χ2n) is 5.32. The predicted octanol–water partition coefficient (Wildman–Crippen LogP) is 0.694. The van der Waals surface area contributed by atoms with Crippen LogP contribution in [0, 0.1) is 0 Å². The molecule has 0 saturated carbocycles. The number of amides is 2. The Morgan fingerprint density at radius 2 is 1.89 bits per heavy atom. The summed E-state index contributed by atoms with van der Waals surface area (Å²) in [4.78, 5) is 22.7. The Bertz CT molecular complexity index is 492. The van der Waals surface area contributed by atoms with Crippen LogP contribution >= 0.6 is 0 Å². The number of benzene rings is 1. The van der Waals surface area contributed by atoms with Gasteiger partial charge in [-0.15, -0.1) is 0 Å². The number of anilines is 2. The van der Waals surface area contributed by atoms with E-state index in [9.17, 15) is 9.59 Å². The number of hydrogen-bond acceptors (Lipinski definition) is 4. The normalized spacial score (nSPS) is 10.9. The molecule has 0 spiro atoms. The van der Waals surface area contributed by atoms with Crippen molar-refractivity contribution < 1.29 is 9.59 Å². The molecule has 19 heavy (non-hydrogen) atoms. The molecule has 0 bridgehead atoms. The van der Waals surface area contributed by atoms with Gasteiger partial charge >= 0.3 is 0 Å². The fourth-order valence-corrected chi connectivity index (χ4v) is 1.50. The molecule has 0 fully saturated rings. The number of rotatable bonds is 4. The van der Waals surface area contributed by atoms with Crippen molar-refractivity contribution in [1.29, 1.82) is 0 Å². The standard InChI is InChI=1S/C13H20N4O2/c1-13(2,3)17-11(18)7-16-10-6-8(12(15)19)4-5-9(10)14/h4-6,16H,7,14H2,1-3H3,(H2,15,19)(H,17,18). The van der Waals surface area contributed by atoms with E-state index in [4.69, 9.17) is 11.5 Å². The lowest BCUT2D eigenvalue weighted by atomic mass is 10.1. The van der Waals surface area contributed by atoms with E-state index in [1.807, 2.05) is 20.8 Å². The first-order chi connectivity index (χ1) is 8.69. The van der Waals surface area contributed by atoms with Crippen LogP contribution in [0.2, 0.25) is 0 Å².